The number of aliphatic hydroxyl groups is 3. The summed E-state index contributed by atoms with van der Waals surface area (Å²) in [5.41, 5.74) is -7.79. The third-order valence-corrected chi connectivity index (χ3v) is 13.2. The Labute approximate surface area is 348 Å². The smallest absolute Gasteiger partial charge is 0.456 e. The molecular weight excluding hydrogens is 786 g/mol. The predicted molar refractivity (Wildman–Crippen MR) is 207 cm³/mol. The molecule has 3 saturated carbocycles. The van der Waals surface area contributed by atoms with Crippen LogP contribution in [0.3, 0.4) is 0 Å². The van der Waals surface area contributed by atoms with E-state index in [9.17, 15) is 39.3 Å². The van der Waals surface area contributed by atoms with Crippen LogP contribution in [0, 0.1) is 28.6 Å². The second-order valence-electron chi connectivity index (χ2n) is 17.8. The average molecular weight is 844 g/mol. The molecular formula is C43H57NO16. The van der Waals surface area contributed by atoms with Gasteiger partial charge in [-0.15, -0.1) is 0 Å². The largest absolute Gasteiger partial charge is 0.509 e. The molecule has 1 aromatic rings. The molecule has 0 radical (unpaired) electrons. The van der Waals surface area contributed by atoms with E-state index in [1.54, 1.807) is 32.0 Å². The van der Waals surface area contributed by atoms with Crippen molar-refractivity contribution in [3.63, 3.8) is 0 Å². The molecule has 4 aliphatic carbocycles. The third kappa shape index (κ3) is 7.77. The summed E-state index contributed by atoms with van der Waals surface area (Å²) >= 11 is 0. The normalized spacial score (nSPS) is 33.9. The van der Waals surface area contributed by atoms with E-state index in [0.29, 0.717) is 12.8 Å². The van der Waals surface area contributed by atoms with Crippen LogP contribution in [-0.2, 0) is 47.5 Å². The van der Waals surface area contributed by atoms with Crippen molar-refractivity contribution in [2.24, 2.45) is 28.6 Å². The molecule has 6 rings (SSSR count). The van der Waals surface area contributed by atoms with Crippen LogP contribution >= 0.6 is 0 Å². The Balaban J connectivity index is 1.53. The maximum absolute atomic E-state index is 15.5. The van der Waals surface area contributed by atoms with Crippen LogP contribution in [0.25, 0.3) is 0 Å². The highest BCUT2D eigenvalue weighted by molar-refractivity contribution is 5.95. The highest BCUT2D eigenvalue weighted by Crippen LogP contribution is 2.64. The quantitative estimate of drug-likeness (QED) is 0.134. The van der Waals surface area contributed by atoms with Crippen molar-refractivity contribution in [1.82, 2.24) is 5.32 Å². The molecule has 4 fully saturated rings. The van der Waals surface area contributed by atoms with Gasteiger partial charge in [-0.05, 0) is 68.7 Å². The van der Waals surface area contributed by atoms with Gasteiger partial charge >= 0.3 is 30.2 Å². The number of hydrogen-bond donors (Lipinski definition) is 4. The molecule has 4 N–H and O–H groups in total. The number of carbonyl (C=O) groups is 6. The summed E-state index contributed by atoms with van der Waals surface area (Å²) in [6, 6.07) is 6.73. The first-order valence-electron chi connectivity index (χ1n) is 20.5. The van der Waals surface area contributed by atoms with Gasteiger partial charge in [-0.1, -0.05) is 45.9 Å². The number of ether oxygens (including phenoxy) is 7. The number of hydrogen-bond acceptors (Lipinski definition) is 16. The average Bonchev–Trinajstić information content (AvgIpc) is 4.03. The summed E-state index contributed by atoms with van der Waals surface area (Å²) in [5, 5.41) is 39.7. The number of rotatable bonds is 12. The molecule has 11 atom stereocenters. The first-order valence-corrected chi connectivity index (χ1v) is 20.5. The van der Waals surface area contributed by atoms with Gasteiger partial charge in [-0.2, -0.15) is 0 Å². The number of esters is 3. The summed E-state index contributed by atoms with van der Waals surface area (Å²) in [4.78, 5) is 82.7. The number of alkyl carbamates (subject to hydrolysis) is 1. The number of fused-ring (bicyclic) bond motifs is 5. The molecule has 2 unspecified atom stereocenters. The Morgan fingerprint density at radius 3 is 2.23 bits per heavy atom. The highest BCUT2D eigenvalue weighted by atomic mass is 16.7. The molecule has 5 aliphatic rings. The molecule has 1 aliphatic heterocycles. The zero-order chi connectivity index (χ0) is 44.1. The number of ketones is 1. The van der Waals surface area contributed by atoms with Gasteiger partial charge in [0.15, 0.2) is 23.6 Å². The van der Waals surface area contributed by atoms with E-state index in [4.69, 9.17) is 33.2 Å². The summed E-state index contributed by atoms with van der Waals surface area (Å²) in [6.07, 6.45) is -11.4. The van der Waals surface area contributed by atoms with Crippen molar-refractivity contribution in [3.05, 3.63) is 47.0 Å². The van der Waals surface area contributed by atoms with Gasteiger partial charge in [0.25, 0.3) is 0 Å². The van der Waals surface area contributed by atoms with Crippen molar-refractivity contribution in [2.45, 2.75) is 135 Å². The number of nitrogens with one attached hydrogen (secondary N) is 1. The minimum Gasteiger partial charge on any atom is -0.456 e. The van der Waals surface area contributed by atoms with E-state index in [0.717, 1.165) is 6.92 Å². The molecule has 60 heavy (non-hydrogen) atoms. The molecule has 1 aromatic carbocycles. The molecule has 1 amide bonds. The second-order valence-corrected chi connectivity index (χ2v) is 17.8. The monoisotopic (exact) mass is 843 g/mol. The molecule has 0 spiro atoms. The first kappa shape index (κ1) is 45.0. The van der Waals surface area contributed by atoms with Crippen molar-refractivity contribution in [3.8, 4) is 0 Å². The molecule has 330 valence electrons. The van der Waals surface area contributed by atoms with Crippen molar-refractivity contribution >= 4 is 35.9 Å². The lowest BCUT2D eigenvalue weighted by atomic mass is 9.44. The van der Waals surface area contributed by atoms with E-state index in [1.807, 2.05) is 13.8 Å². The first-order chi connectivity index (χ1) is 28.1. The van der Waals surface area contributed by atoms with Crippen LogP contribution < -0.4 is 5.32 Å². The Hall–Kier alpha value is -4.58. The summed E-state index contributed by atoms with van der Waals surface area (Å²) in [7, 11) is 0. The van der Waals surface area contributed by atoms with Crippen molar-refractivity contribution in [1.29, 1.82) is 0 Å². The topological polar surface area (TPSA) is 240 Å². The standard InChI is InChI=1S/C43H57NO16/c1-9-54-39(52)58-32-29-22(4)26(57-37(50)31(47)30(24-15-16-24)44-38(51)55-19-21(2)3)18-43(53,40(29,6)7)35(59-36(49)25-13-11-10-12-14-25)33-41(8,34(32)48)27(46)17-28-42(33,20-56-28)60-23(5)45/h10-14,21,24,26-28,30-33,35,46-47,53H,9,15-20H2,1-8H3,(H,44,51)/t26-,27-,28+,30-,31+,32+,33?,35?,41+,42-,43+/m0/s1. The van der Waals surface area contributed by atoms with Gasteiger partial charge in [0.05, 0.1) is 48.9 Å². The van der Waals surface area contributed by atoms with E-state index in [-0.39, 0.29) is 54.8 Å². The number of Topliss-reactive ketones (excluding diaryl/α,β-unsaturated/α-hetero) is 1. The fourth-order valence-electron chi connectivity index (χ4n) is 9.79. The minimum absolute atomic E-state index is 0.0239. The summed E-state index contributed by atoms with van der Waals surface area (Å²) < 4.78 is 40.5. The lowest BCUT2D eigenvalue weighted by Crippen LogP contribution is -2.82. The molecule has 1 heterocycles. The fourth-order valence-corrected chi connectivity index (χ4v) is 9.79. The van der Waals surface area contributed by atoms with Crippen molar-refractivity contribution in [2.75, 3.05) is 19.8 Å². The number of aliphatic hydroxyl groups excluding tert-OH is 2. The van der Waals surface area contributed by atoms with Crippen LogP contribution in [0.15, 0.2) is 41.5 Å². The van der Waals surface area contributed by atoms with Crippen LogP contribution in [0.1, 0.15) is 91.4 Å². The van der Waals surface area contributed by atoms with E-state index >= 15 is 4.79 Å². The van der Waals surface area contributed by atoms with Gasteiger partial charge in [-0.3, -0.25) is 9.59 Å². The summed E-state index contributed by atoms with van der Waals surface area (Å²) in [6.45, 7) is 12.0. The van der Waals surface area contributed by atoms with E-state index in [1.165, 1.54) is 32.9 Å². The van der Waals surface area contributed by atoms with E-state index < -0.39 is 113 Å². The van der Waals surface area contributed by atoms with Gasteiger partial charge in [0.1, 0.15) is 23.9 Å². The molecule has 1 saturated heterocycles. The van der Waals surface area contributed by atoms with Crippen LogP contribution in [0.4, 0.5) is 9.59 Å². The zero-order valence-corrected chi connectivity index (χ0v) is 35.3. The Morgan fingerprint density at radius 1 is 1.00 bits per heavy atom. The van der Waals surface area contributed by atoms with Crippen LogP contribution in [-0.4, -0.2) is 125 Å². The van der Waals surface area contributed by atoms with Crippen LogP contribution in [0.5, 0.6) is 0 Å². The van der Waals surface area contributed by atoms with Crippen molar-refractivity contribution < 1.29 is 77.2 Å². The van der Waals surface area contributed by atoms with Crippen LogP contribution in [0.2, 0.25) is 0 Å². The maximum atomic E-state index is 15.5. The Kier molecular flexibility index (Phi) is 12.5. The van der Waals surface area contributed by atoms with Gasteiger partial charge in [0.2, 0.25) is 0 Å². The second kappa shape index (κ2) is 16.7. The van der Waals surface area contributed by atoms with Gasteiger partial charge in [-0.25, -0.2) is 19.2 Å². The number of benzene rings is 1. The van der Waals surface area contributed by atoms with Gasteiger partial charge < -0.3 is 53.8 Å². The Morgan fingerprint density at radius 2 is 1.67 bits per heavy atom. The summed E-state index contributed by atoms with van der Waals surface area (Å²) in [5.74, 6) is -5.64. The third-order valence-electron chi connectivity index (χ3n) is 13.2. The fraction of sp³-hybridized carbons (Fsp3) is 0.674. The minimum atomic E-state index is -2.40. The maximum Gasteiger partial charge on any atom is 0.509 e. The van der Waals surface area contributed by atoms with Gasteiger partial charge in [0, 0.05) is 25.2 Å². The lowest BCUT2D eigenvalue weighted by molar-refractivity contribution is -0.346. The van der Waals surface area contributed by atoms with E-state index in [2.05, 4.69) is 5.32 Å². The number of carbonyl (C=O) groups excluding carboxylic acids is 6. The Bertz CT molecular complexity index is 1890. The zero-order valence-electron chi connectivity index (χ0n) is 35.3. The molecule has 2 bridgehead atoms. The molecule has 0 aromatic heterocycles. The molecule has 17 heteroatoms. The highest BCUT2D eigenvalue weighted by Gasteiger charge is 2.78. The number of amides is 1. The predicted octanol–water partition coefficient (Wildman–Crippen LogP) is 3.34. The lowest BCUT2D eigenvalue weighted by Gasteiger charge is -2.67. The molecule has 17 nitrogen and oxygen atoms in total. The SMILES string of the molecule is CCOC(=O)O[C@H]1C(=O)[C@@]2(C)C(C(OC(=O)c3ccccc3)[C@]3(O)C[C@H](OC(=O)[C@H](O)[C@@H](NC(=O)OCC(C)C)C4CC4)C(C)=C1C3(C)C)[C@]1(OC(C)=O)CO[C@@H]1C[C@@H]2O.